The Morgan fingerprint density at radius 3 is 1.29 bits per heavy atom. The molecule has 0 aliphatic carbocycles. The van der Waals surface area contributed by atoms with E-state index >= 15 is 0 Å². The van der Waals surface area contributed by atoms with Gasteiger partial charge in [-0.2, -0.15) is 0 Å². The molecule has 70 heavy (non-hydrogen) atoms. The van der Waals surface area contributed by atoms with E-state index in [2.05, 4.69) is 287 Å². The third-order valence-corrected chi connectivity index (χ3v) is 19.5. The highest BCUT2D eigenvalue weighted by atomic mass is 28.3. The van der Waals surface area contributed by atoms with Crippen molar-refractivity contribution in [3.05, 3.63) is 273 Å². The molecule has 0 N–H and O–H groups in total. The molecule has 14 aromatic rings. The highest BCUT2D eigenvalue weighted by molar-refractivity contribution is 7.19. The molecule has 0 unspecified atom stereocenters. The van der Waals surface area contributed by atoms with Crippen LogP contribution < -0.4 is 20.7 Å². The summed E-state index contributed by atoms with van der Waals surface area (Å²) >= 11 is 0. The topological polar surface area (TPSA) is 14.8 Å². The lowest BCUT2D eigenvalue weighted by atomic mass is 9.99. The van der Waals surface area contributed by atoms with Gasteiger partial charge in [-0.05, 0) is 87.0 Å². The first kappa shape index (κ1) is 40.1. The molecule has 0 amide bonds. The summed E-state index contributed by atoms with van der Waals surface area (Å²) in [6.45, 7) is 0. The molecule has 0 atom stereocenters. The fourth-order valence-electron chi connectivity index (χ4n) is 11.9. The lowest BCUT2D eigenvalue weighted by Crippen LogP contribution is -2.74. The Morgan fingerprint density at radius 1 is 0.243 bits per heavy atom. The summed E-state index contributed by atoms with van der Waals surface area (Å²) in [5, 5.41) is 12.8. The smallest absolute Gasteiger partial charge is 0.179 e. The van der Waals surface area contributed by atoms with Gasteiger partial charge in [-0.25, -0.2) is 0 Å². The van der Waals surface area contributed by atoms with E-state index in [4.69, 9.17) is 0 Å². The van der Waals surface area contributed by atoms with Crippen LogP contribution >= 0.6 is 0 Å². The summed E-state index contributed by atoms with van der Waals surface area (Å²) in [6.07, 6.45) is 0. The summed E-state index contributed by atoms with van der Waals surface area (Å²) in [7, 11) is -2.84. The van der Waals surface area contributed by atoms with E-state index in [1.807, 2.05) is 0 Å². The van der Waals surface area contributed by atoms with E-state index in [0.717, 1.165) is 17.1 Å². The molecular weight excluding hydrogens is 863 g/mol. The summed E-state index contributed by atoms with van der Waals surface area (Å²) < 4.78 is 7.49. The number of para-hydroxylation sites is 6. The molecule has 3 nitrogen and oxygen atoms in total. The third-order valence-electron chi connectivity index (χ3n) is 14.8. The van der Waals surface area contributed by atoms with Crippen LogP contribution in [-0.2, 0) is 0 Å². The van der Waals surface area contributed by atoms with E-state index in [1.165, 1.54) is 97.3 Å². The maximum atomic E-state index is 2.55. The van der Waals surface area contributed by atoms with Crippen molar-refractivity contribution in [2.24, 2.45) is 0 Å². The van der Waals surface area contributed by atoms with E-state index < -0.39 is 8.07 Å². The number of aromatic nitrogens is 3. The minimum atomic E-state index is -2.84. The van der Waals surface area contributed by atoms with Crippen LogP contribution in [0.1, 0.15) is 0 Å². The average Bonchev–Trinajstić information content (AvgIpc) is 4.08. The number of fused-ring (bicyclic) bond motifs is 9. The highest BCUT2D eigenvalue weighted by Crippen LogP contribution is 2.43. The Hall–Kier alpha value is -8.96. The van der Waals surface area contributed by atoms with Crippen LogP contribution in [0.5, 0.6) is 0 Å². The molecule has 328 valence electrons. The lowest BCUT2D eigenvalue weighted by molar-refractivity contribution is 1.13. The fraction of sp³-hybridized carbons (Fsp3) is 0. The largest absolute Gasteiger partial charge is 0.309 e. The number of hydrogen-bond acceptors (Lipinski definition) is 0. The number of nitrogens with zero attached hydrogens (tertiary/aromatic N) is 3. The van der Waals surface area contributed by atoms with E-state index in [0.29, 0.717) is 0 Å². The Balaban J connectivity index is 1.05. The van der Waals surface area contributed by atoms with Crippen LogP contribution in [0.3, 0.4) is 0 Å². The number of hydrogen-bond donors (Lipinski definition) is 0. The molecule has 0 aliphatic heterocycles. The molecule has 0 fully saturated rings. The number of rotatable bonds is 8. The van der Waals surface area contributed by atoms with Gasteiger partial charge in [0.05, 0.1) is 38.8 Å². The maximum Gasteiger partial charge on any atom is 0.179 e. The molecule has 0 saturated carbocycles. The highest BCUT2D eigenvalue weighted by Gasteiger charge is 2.41. The molecule has 0 radical (unpaired) electrons. The third kappa shape index (κ3) is 5.94. The molecular formula is C66H45N3Si. The second kappa shape index (κ2) is 16.1. The quantitative estimate of drug-likeness (QED) is 0.107. The first-order valence-corrected chi connectivity index (χ1v) is 26.2. The van der Waals surface area contributed by atoms with Gasteiger partial charge < -0.3 is 13.7 Å². The van der Waals surface area contributed by atoms with Crippen LogP contribution in [0.25, 0.3) is 93.6 Å². The predicted octanol–water partition coefficient (Wildman–Crippen LogP) is 14.0. The zero-order chi connectivity index (χ0) is 46.2. The molecule has 0 bridgehead atoms. The van der Waals surface area contributed by atoms with Gasteiger partial charge in [0.2, 0.25) is 0 Å². The second-order valence-electron chi connectivity index (χ2n) is 18.4. The summed E-state index contributed by atoms with van der Waals surface area (Å²) in [6, 6.07) is 101. The Bertz CT molecular complexity index is 4180. The maximum absolute atomic E-state index is 2.84. The van der Waals surface area contributed by atoms with Gasteiger partial charge in [-0.1, -0.05) is 212 Å². The SMILES string of the molecule is c1ccc(-n2c3ccccc3c3cc(-c4cccc5c6ccccc6n(-c6cccc7c8ccccc8n(-c8cccc([Si](c9ccccc9)(c9ccccc9)c9ccccc9)c8)c67)c45)ccc32)cc1. The minimum Gasteiger partial charge on any atom is -0.309 e. The fourth-order valence-corrected chi connectivity index (χ4v) is 16.7. The predicted molar refractivity (Wildman–Crippen MR) is 299 cm³/mol. The van der Waals surface area contributed by atoms with E-state index in [1.54, 1.807) is 0 Å². The van der Waals surface area contributed by atoms with Crippen molar-refractivity contribution in [2.45, 2.75) is 0 Å². The van der Waals surface area contributed by atoms with Crippen molar-refractivity contribution in [3.8, 4) is 28.2 Å². The van der Waals surface area contributed by atoms with Crippen molar-refractivity contribution >= 4 is 94.2 Å². The van der Waals surface area contributed by atoms with E-state index in [9.17, 15) is 0 Å². The van der Waals surface area contributed by atoms with Gasteiger partial charge in [0.15, 0.2) is 8.07 Å². The molecule has 0 spiro atoms. The molecule has 0 aliphatic rings. The molecule has 3 aromatic heterocycles. The first-order chi connectivity index (χ1) is 34.8. The molecule has 11 aromatic carbocycles. The van der Waals surface area contributed by atoms with Crippen molar-refractivity contribution in [2.75, 3.05) is 0 Å². The zero-order valence-electron chi connectivity index (χ0n) is 38.3. The van der Waals surface area contributed by atoms with Crippen molar-refractivity contribution < 1.29 is 0 Å². The van der Waals surface area contributed by atoms with Crippen LogP contribution in [-0.4, -0.2) is 21.8 Å². The van der Waals surface area contributed by atoms with E-state index in [-0.39, 0.29) is 0 Å². The molecule has 3 heterocycles. The van der Waals surface area contributed by atoms with Crippen LogP contribution in [0.4, 0.5) is 0 Å². The van der Waals surface area contributed by atoms with Crippen molar-refractivity contribution in [1.82, 2.24) is 13.7 Å². The van der Waals surface area contributed by atoms with Gasteiger partial charge in [-0.3, -0.25) is 0 Å². The second-order valence-corrected chi connectivity index (χ2v) is 22.2. The standard InChI is InChI=1S/C66H45N3Si/c1-5-22-47(23-6-1)67-60-38-16-15-34-56(60)59-44-46(42-43-63(59)67)53-35-20-36-57-54-32-14-18-40-62(54)69(65(53)57)64-41-21-37-58-55-33-13-17-39-61(55)68(66(58)64)48-24-19-31-52(45-48)70(49-25-7-2-8-26-49,50-27-9-3-10-28-50)51-29-11-4-12-30-51/h1-45H. The first-order valence-electron chi connectivity index (χ1n) is 24.2. The van der Waals surface area contributed by atoms with Gasteiger partial charge >= 0.3 is 0 Å². The van der Waals surface area contributed by atoms with Crippen molar-refractivity contribution in [1.29, 1.82) is 0 Å². The lowest BCUT2D eigenvalue weighted by Gasteiger charge is -2.34. The van der Waals surface area contributed by atoms with Gasteiger partial charge in [0.25, 0.3) is 0 Å². The average molecular weight is 908 g/mol. The van der Waals surface area contributed by atoms with Crippen LogP contribution in [0, 0.1) is 0 Å². The number of benzene rings is 11. The molecule has 4 heteroatoms. The Labute approximate surface area is 407 Å². The summed E-state index contributed by atoms with van der Waals surface area (Å²) in [5.41, 5.74) is 12.9. The normalized spacial score (nSPS) is 12.0. The Morgan fingerprint density at radius 2 is 0.671 bits per heavy atom. The van der Waals surface area contributed by atoms with Gasteiger partial charge in [-0.15, -0.1) is 0 Å². The Kier molecular flexibility index (Phi) is 9.23. The minimum absolute atomic E-state index is 1.14. The van der Waals surface area contributed by atoms with Crippen LogP contribution in [0.2, 0.25) is 0 Å². The van der Waals surface area contributed by atoms with Crippen molar-refractivity contribution in [3.63, 3.8) is 0 Å². The zero-order valence-corrected chi connectivity index (χ0v) is 39.3. The van der Waals surface area contributed by atoms with Gasteiger partial charge in [0.1, 0.15) is 0 Å². The molecule has 0 saturated heterocycles. The monoisotopic (exact) mass is 907 g/mol. The molecule has 14 rings (SSSR count). The summed E-state index contributed by atoms with van der Waals surface area (Å²) in [4.78, 5) is 0. The van der Waals surface area contributed by atoms with Crippen LogP contribution in [0.15, 0.2) is 273 Å². The van der Waals surface area contributed by atoms with Gasteiger partial charge in [0, 0.05) is 49.3 Å². The summed E-state index contributed by atoms with van der Waals surface area (Å²) in [5.74, 6) is 0.